The molecule has 1 aliphatic rings. The minimum atomic E-state index is -0.119. The van der Waals surface area contributed by atoms with Crippen LogP contribution in [0.15, 0.2) is 0 Å². The van der Waals surface area contributed by atoms with Gasteiger partial charge in [-0.1, -0.05) is 0 Å². The van der Waals surface area contributed by atoms with E-state index in [9.17, 15) is 9.59 Å². The summed E-state index contributed by atoms with van der Waals surface area (Å²) >= 11 is 0. The minimum Gasteiger partial charge on any atom is -0.469 e. The molecule has 5 heteroatoms. The van der Waals surface area contributed by atoms with Gasteiger partial charge < -0.3 is 15.0 Å². The fraction of sp³-hybridized carbons (Fsp3) is 0.818. The van der Waals surface area contributed by atoms with E-state index in [4.69, 9.17) is 4.74 Å². The third-order valence-corrected chi connectivity index (χ3v) is 3.41. The molecule has 16 heavy (non-hydrogen) atoms. The zero-order valence-electron chi connectivity index (χ0n) is 10.2. The number of quaternary nitrogens is 1. The van der Waals surface area contributed by atoms with Crippen LogP contribution in [0.3, 0.4) is 0 Å². The number of likely N-dealkylation sites (N-methyl/N-ethyl adjacent to an activating group) is 1. The molecule has 1 aliphatic heterocycles. The fourth-order valence-electron chi connectivity index (χ4n) is 2.23. The van der Waals surface area contributed by atoms with Gasteiger partial charge in [0, 0.05) is 19.9 Å². The number of carbonyl (C=O) groups excluding carboxylic acids is 2. The molecule has 0 aromatic rings. The van der Waals surface area contributed by atoms with Crippen LogP contribution in [0.4, 0.5) is 0 Å². The van der Waals surface area contributed by atoms with Crippen molar-refractivity contribution < 1.29 is 19.2 Å². The monoisotopic (exact) mass is 229 g/mol. The van der Waals surface area contributed by atoms with E-state index in [1.807, 2.05) is 6.92 Å². The summed E-state index contributed by atoms with van der Waals surface area (Å²) in [6.07, 6.45) is 1.62. The third-order valence-electron chi connectivity index (χ3n) is 3.41. The lowest BCUT2D eigenvalue weighted by atomic mass is 9.96. The van der Waals surface area contributed by atoms with E-state index >= 15 is 0 Å². The van der Waals surface area contributed by atoms with Gasteiger partial charge in [0.2, 0.25) is 0 Å². The molecule has 2 N–H and O–H groups in total. The lowest BCUT2D eigenvalue weighted by molar-refractivity contribution is -0.919. The van der Waals surface area contributed by atoms with Gasteiger partial charge in [0.05, 0.1) is 26.1 Å². The number of methoxy groups -OCH3 is 1. The van der Waals surface area contributed by atoms with Crippen LogP contribution in [0.1, 0.15) is 19.8 Å². The quantitative estimate of drug-likeness (QED) is 0.585. The number of hydrogen-bond donors (Lipinski definition) is 2. The van der Waals surface area contributed by atoms with Crippen LogP contribution in [-0.2, 0) is 14.3 Å². The number of hydrogen-bond acceptors (Lipinski definition) is 3. The normalized spacial score (nSPS) is 26.9. The van der Waals surface area contributed by atoms with E-state index in [0.29, 0.717) is 0 Å². The highest BCUT2D eigenvalue weighted by Crippen LogP contribution is 2.11. The van der Waals surface area contributed by atoms with Crippen LogP contribution >= 0.6 is 0 Å². The second-order valence-electron chi connectivity index (χ2n) is 4.29. The van der Waals surface area contributed by atoms with Crippen LogP contribution in [0, 0.1) is 5.92 Å². The molecule has 0 saturated carbocycles. The summed E-state index contributed by atoms with van der Waals surface area (Å²) in [4.78, 5) is 24.0. The molecule has 0 spiro atoms. The summed E-state index contributed by atoms with van der Waals surface area (Å²) in [5, 5.41) is 2.66. The van der Waals surface area contributed by atoms with Gasteiger partial charge in [0.25, 0.3) is 5.91 Å². The van der Waals surface area contributed by atoms with E-state index in [1.165, 1.54) is 12.0 Å². The number of rotatable bonds is 3. The first-order chi connectivity index (χ1) is 7.60. The zero-order chi connectivity index (χ0) is 12.1. The number of esters is 1. The van der Waals surface area contributed by atoms with Crippen LogP contribution in [0.2, 0.25) is 0 Å². The van der Waals surface area contributed by atoms with Crippen molar-refractivity contribution in [2.45, 2.75) is 25.8 Å². The highest BCUT2D eigenvalue weighted by atomic mass is 16.5. The number of piperidine rings is 1. The molecule has 1 fully saturated rings. The first kappa shape index (κ1) is 13.0. The second-order valence-corrected chi connectivity index (χ2v) is 4.29. The van der Waals surface area contributed by atoms with Crippen molar-refractivity contribution in [2.75, 3.05) is 27.2 Å². The number of amides is 1. The van der Waals surface area contributed by atoms with Crippen LogP contribution in [0.5, 0.6) is 0 Å². The number of nitrogens with one attached hydrogen (secondary N) is 2. The average molecular weight is 229 g/mol. The topological polar surface area (TPSA) is 59.8 Å². The number of ether oxygens (including phenoxy) is 1. The lowest BCUT2D eigenvalue weighted by Crippen LogP contribution is -3.17. The maximum atomic E-state index is 11.5. The first-order valence-corrected chi connectivity index (χ1v) is 5.74. The molecule has 1 amide bonds. The van der Waals surface area contributed by atoms with Gasteiger partial charge in [0.15, 0.2) is 6.04 Å². The smallest absolute Gasteiger partial charge is 0.309 e. The van der Waals surface area contributed by atoms with Crippen molar-refractivity contribution in [3.63, 3.8) is 0 Å². The number of carbonyl (C=O) groups is 2. The van der Waals surface area contributed by atoms with Crippen molar-refractivity contribution in [3.05, 3.63) is 0 Å². The molecule has 1 heterocycles. The summed E-state index contributed by atoms with van der Waals surface area (Å²) in [5.74, 6) is -0.0381. The summed E-state index contributed by atoms with van der Waals surface area (Å²) in [7, 11) is 3.08. The highest BCUT2D eigenvalue weighted by molar-refractivity contribution is 5.79. The van der Waals surface area contributed by atoms with Gasteiger partial charge in [-0.05, 0) is 6.92 Å². The van der Waals surface area contributed by atoms with Crippen molar-refractivity contribution in [3.8, 4) is 0 Å². The van der Waals surface area contributed by atoms with Gasteiger partial charge in [-0.15, -0.1) is 0 Å². The average Bonchev–Trinajstić information content (AvgIpc) is 2.36. The second kappa shape index (κ2) is 5.84. The third kappa shape index (κ3) is 2.95. The van der Waals surface area contributed by atoms with Crippen molar-refractivity contribution in [2.24, 2.45) is 5.92 Å². The molecular weight excluding hydrogens is 208 g/mol. The van der Waals surface area contributed by atoms with E-state index in [-0.39, 0.29) is 23.8 Å². The Hall–Kier alpha value is -1.10. The van der Waals surface area contributed by atoms with Crippen LogP contribution in [0.25, 0.3) is 0 Å². The summed E-state index contributed by atoms with van der Waals surface area (Å²) in [6, 6.07) is -0.0383. The maximum Gasteiger partial charge on any atom is 0.309 e. The molecule has 1 saturated heterocycles. The molecule has 1 rings (SSSR count). The Kier molecular flexibility index (Phi) is 4.73. The van der Waals surface area contributed by atoms with Crippen LogP contribution < -0.4 is 10.2 Å². The molecule has 0 aromatic carbocycles. The molecule has 1 atom stereocenters. The Labute approximate surface area is 96.1 Å². The Morgan fingerprint density at radius 1 is 1.38 bits per heavy atom. The minimum absolute atomic E-state index is 0.0191. The Bertz CT molecular complexity index is 260. The molecule has 0 bridgehead atoms. The molecule has 92 valence electrons. The van der Waals surface area contributed by atoms with Crippen molar-refractivity contribution in [1.82, 2.24) is 5.32 Å². The molecule has 5 nitrogen and oxygen atoms in total. The molecule has 0 aliphatic carbocycles. The largest absolute Gasteiger partial charge is 0.469 e. The zero-order valence-corrected chi connectivity index (χ0v) is 10.2. The Morgan fingerprint density at radius 3 is 2.38 bits per heavy atom. The lowest BCUT2D eigenvalue weighted by Gasteiger charge is -2.31. The van der Waals surface area contributed by atoms with Crippen LogP contribution in [-0.4, -0.2) is 45.2 Å². The van der Waals surface area contributed by atoms with Crippen molar-refractivity contribution >= 4 is 11.9 Å². The van der Waals surface area contributed by atoms with Gasteiger partial charge in [-0.3, -0.25) is 9.59 Å². The first-order valence-electron chi connectivity index (χ1n) is 5.74. The maximum absolute atomic E-state index is 11.5. The SMILES string of the molecule is CNC(=O)[C@H](C)[NH+]1CCC(C(=O)OC)CC1. The van der Waals surface area contributed by atoms with E-state index in [2.05, 4.69) is 5.32 Å². The summed E-state index contributed by atoms with van der Waals surface area (Å²) in [5.41, 5.74) is 0. The fourth-order valence-corrected chi connectivity index (χ4v) is 2.23. The molecular formula is C11H21N2O3+. The van der Waals surface area contributed by atoms with Crippen molar-refractivity contribution in [1.29, 1.82) is 0 Å². The molecule has 0 aromatic heterocycles. The molecule has 0 unspecified atom stereocenters. The standard InChI is InChI=1S/C11H20N2O3/c1-8(10(14)12-2)13-6-4-9(5-7-13)11(15)16-3/h8-9H,4-7H2,1-3H3,(H,12,14)/p+1/t8-/m0/s1. The predicted molar refractivity (Wildman–Crippen MR) is 59.0 cm³/mol. The van der Waals surface area contributed by atoms with E-state index in [1.54, 1.807) is 7.05 Å². The number of likely N-dealkylation sites (tertiary alicyclic amines) is 1. The summed E-state index contributed by atoms with van der Waals surface area (Å²) in [6.45, 7) is 3.63. The van der Waals surface area contributed by atoms with E-state index in [0.717, 1.165) is 25.9 Å². The summed E-state index contributed by atoms with van der Waals surface area (Å²) < 4.78 is 4.73. The molecule has 0 radical (unpaired) electrons. The van der Waals surface area contributed by atoms with Gasteiger partial charge >= 0.3 is 5.97 Å². The predicted octanol–water partition coefficient (Wildman–Crippen LogP) is -1.41. The Morgan fingerprint density at radius 2 is 1.94 bits per heavy atom. The van der Waals surface area contributed by atoms with Gasteiger partial charge in [0.1, 0.15) is 0 Å². The van der Waals surface area contributed by atoms with Gasteiger partial charge in [-0.2, -0.15) is 0 Å². The van der Waals surface area contributed by atoms with E-state index < -0.39 is 0 Å². The highest BCUT2D eigenvalue weighted by Gasteiger charge is 2.32. The van der Waals surface area contributed by atoms with Gasteiger partial charge in [-0.25, -0.2) is 0 Å². The Balaban J connectivity index is 2.42.